The highest BCUT2D eigenvalue weighted by Gasteiger charge is 2.08. The van der Waals surface area contributed by atoms with Crippen molar-refractivity contribution in [3.63, 3.8) is 0 Å². The summed E-state index contributed by atoms with van der Waals surface area (Å²) in [6.07, 6.45) is -0.714. The van der Waals surface area contributed by atoms with Crippen molar-refractivity contribution >= 4 is 23.4 Å². The van der Waals surface area contributed by atoms with Crippen molar-refractivity contribution in [2.75, 3.05) is 12.4 Å². The first kappa shape index (κ1) is 13.8. The molecular formula is C11H16ClNO2S. The van der Waals surface area contributed by atoms with Crippen LogP contribution in [0.5, 0.6) is 0 Å². The second kappa shape index (κ2) is 6.47. The first-order valence-electron chi connectivity index (χ1n) is 5.01. The van der Waals surface area contributed by atoms with Gasteiger partial charge in [0.15, 0.2) is 0 Å². The molecule has 3 nitrogen and oxygen atoms in total. The molecule has 2 unspecified atom stereocenters. The number of hydrogen-bond donors (Lipinski definition) is 3. The van der Waals surface area contributed by atoms with Gasteiger partial charge in [-0.3, -0.25) is 0 Å². The third-order valence-corrected chi connectivity index (χ3v) is 3.77. The van der Waals surface area contributed by atoms with E-state index in [0.717, 1.165) is 10.5 Å². The topological polar surface area (TPSA) is 66.5 Å². The summed E-state index contributed by atoms with van der Waals surface area (Å²) in [7, 11) is 0. The summed E-state index contributed by atoms with van der Waals surface area (Å²) in [5, 5.41) is 18.5. The van der Waals surface area contributed by atoms with E-state index in [4.69, 9.17) is 22.4 Å². The van der Waals surface area contributed by atoms with Crippen molar-refractivity contribution in [3.05, 3.63) is 28.8 Å². The van der Waals surface area contributed by atoms with Crippen LogP contribution in [0.3, 0.4) is 0 Å². The number of benzene rings is 1. The van der Waals surface area contributed by atoms with Crippen LogP contribution in [0.15, 0.2) is 23.1 Å². The van der Waals surface area contributed by atoms with Crippen molar-refractivity contribution < 1.29 is 10.2 Å². The van der Waals surface area contributed by atoms with Crippen LogP contribution in [0.2, 0.25) is 5.02 Å². The number of nitrogens with two attached hydrogens (primary N) is 1. The highest BCUT2D eigenvalue weighted by Crippen LogP contribution is 2.29. The Bertz CT molecular complexity index is 347. The molecule has 4 N–H and O–H groups in total. The average Bonchev–Trinajstić information content (AvgIpc) is 2.26. The van der Waals surface area contributed by atoms with Crippen molar-refractivity contribution in [1.29, 1.82) is 0 Å². The number of hydrogen-bond acceptors (Lipinski definition) is 4. The van der Waals surface area contributed by atoms with Gasteiger partial charge in [0.05, 0.1) is 17.7 Å². The Kier molecular flexibility index (Phi) is 5.58. The van der Waals surface area contributed by atoms with Gasteiger partial charge < -0.3 is 15.9 Å². The molecule has 0 amide bonds. The Morgan fingerprint density at radius 1 is 1.50 bits per heavy atom. The number of aliphatic hydroxyl groups is 2. The fourth-order valence-electron chi connectivity index (χ4n) is 1.16. The van der Waals surface area contributed by atoms with Crippen LogP contribution in [-0.4, -0.2) is 28.7 Å². The van der Waals surface area contributed by atoms with Gasteiger partial charge in [-0.15, -0.1) is 11.8 Å². The quantitative estimate of drug-likeness (QED) is 0.708. The van der Waals surface area contributed by atoms with Crippen molar-refractivity contribution in [1.82, 2.24) is 0 Å². The van der Waals surface area contributed by atoms with E-state index in [-0.39, 0.29) is 12.6 Å². The second-order valence-electron chi connectivity index (χ2n) is 3.63. The summed E-state index contributed by atoms with van der Waals surface area (Å²) in [5.74, 6) is 0.424. The summed E-state index contributed by atoms with van der Waals surface area (Å²) >= 11 is 7.50. The molecule has 90 valence electrons. The van der Waals surface area contributed by atoms with Gasteiger partial charge in [-0.1, -0.05) is 17.7 Å². The minimum Gasteiger partial charge on any atom is -0.394 e. The van der Waals surface area contributed by atoms with Gasteiger partial charge in [0.25, 0.3) is 0 Å². The van der Waals surface area contributed by atoms with Gasteiger partial charge in [0.1, 0.15) is 0 Å². The summed E-state index contributed by atoms with van der Waals surface area (Å²) in [6.45, 7) is 1.66. The first-order valence-corrected chi connectivity index (χ1v) is 6.37. The maximum Gasteiger partial charge on any atom is 0.0864 e. The Labute approximate surface area is 105 Å². The van der Waals surface area contributed by atoms with Gasteiger partial charge in [0.2, 0.25) is 0 Å². The minimum absolute atomic E-state index is 0.0421. The van der Waals surface area contributed by atoms with E-state index >= 15 is 0 Å². The van der Waals surface area contributed by atoms with E-state index in [1.54, 1.807) is 0 Å². The number of rotatable bonds is 5. The van der Waals surface area contributed by atoms with E-state index in [2.05, 4.69) is 0 Å². The van der Waals surface area contributed by atoms with E-state index < -0.39 is 6.10 Å². The normalized spacial score (nSPS) is 14.8. The van der Waals surface area contributed by atoms with Crippen LogP contribution >= 0.6 is 23.4 Å². The fourth-order valence-corrected chi connectivity index (χ4v) is 2.35. The standard InChI is InChI=1S/C11H16ClNO2S/c1-7(13)8-2-3-11(10(12)4-8)16-6-9(15)5-14/h2-4,7,9,14-15H,5-6,13H2,1H3. The highest BCUT2D eigenvalue weighted by molar-refractivity contribution is 7.99. The fraction of sp³-hybridized carbons (Fsp3) is 0.455. The SMILES string of the molecule is CC(N)c1ccc(SCC(O)CO)c(Cl)c1. The van der Waals surface area contributed by atoms with Crippen LogP contribution in [0, 0.1) is 0 Å². The lowest BCUT2D eigenvalue weighted by Crippen LogP contribution is -2.14. The molecule has 5 heteroatoms. The number of halogens is 1. The van der Waals surface area contributed by atoms with E-state index in [1.807, 2.05) is 25.1 Å². The van der Waals surface area contributed by atoms with Gasteiger partial charge in [-0.05, 0) is 24.6 Å². The van der Waals surface area contributed by atoms with Gasteiger partial charge in [0, 0.05) is 16.7 Å². The largest absolute Gasteiger partial charge is 0.394 e. The van der Waals surface area contributed by atoms with E-state index in [1.165, 1.54) is 11.8 Å². The predicted molar refractivity (Wildman–Crippen MR) is 67.9 cm³/mol. The molecule has 2 atom stereocenters. The third kappa shape index (κ3) is 3.96. The van der Waals surface area contributed by atoms with E-state index in [0.29, 0.717) is 10.8 Å². The smallest absolute Gasteiger partial charge is 0.0864 e. The molecule has 0 aromatic heterocycles. The van der Waals surface area contributed by atoms with Gasteiger partial charge >= 0.3 is 0 Å². The molecule has 0 fully saturated rings. The lowest BCUT2D eigenvalue weighted by Gasteiger charge is -2.10. The van der Waals surface area contributed by atoms with Crippen molar-refractivity contribution in [3.8, 4) is 0 Å². The molecular weight excluding hydrogens is 246 g/mol. The Balaban J connectivity index is 2.68. The molecule has 1 aromatic carbocycles. The molecule has 0 aliphatic carbocycles. The molecule has 0 saturated carbocycles. The Hall–Kier alpha value is -0.260. The van der Waals surface area contributed by atoms with Crippen LogP contribution in [-0.2, 0) is 0 Å². The maximum absolute atomic E-state index is 9.22. The predicted octanol–water partition coefficient (Wildman–Crippen LogP) is 1.81. The summed E-state index contributed by atoms with van der Waals surface area (Å²) < 4.78 is 0. The first-order chi connectivity index (χ1) is 7.54. The maximum atomic E-state index is 9.22. The summed E-state index contributed by atoms with van der Waals surface area (Å²) in [6, 6.07) is 5.60. The van der Waals surface area contributed by atoms with Crippen LogP contribution in [0.1, 0.15) is 18.5 Å². The molecule has 0 saturated heterocycles. The highest BCUT2D eigenvalue weighted by atomic mass is 35.5. The average molecular weight is 262 g/mol. The lowest BCUT2D eigenvalue weighted by molar-refractivity contribution is 0.113. The summed E-state index contributed by atoms with van der Waals surface area (Å²) in [4.78, 5) is 0.888. The number of thioether (sulfide) groups is 1. The van der Waals surface area contributed by atoms with Crippen LogP contribution in [0.4, 0.5) is 0 Å². The molecule has 16 heavy (non-hydrogen) atoms. The lowest BCUT2D eigenvalue weighted by atomic mass is 10.1. The summed E-state index contributed by atoms with van der Waals surface area (Å²) in [5.41, 5.74) is 6.72. The van der Waals surface area contributed by atoms with Gasteiger partial charge in [-0.25, -0.2) is 0 Å². The molecule has 1 aromatic rings. The second-order valence-corrected chi connectivity index (χ2v) is 5.09. The zero-order valence-corrected chi connectivity index (χ0v) is 10.6. The Morgan fingerprint density at radius 3 is 2.69 bits per heavy atom. The molecule has 0 aliphatic heterocycles. The molecule has 0 aliphatic rings. The zero-order chi connectivity index (χ0) is 12.1. The van der Waals surface area contributed by atoms with Gasteiger partial charge in [-0.2, -0.15) is 0 Å². The van der Waals surface area contributed by atoms with Crippen LogP contribution in [0.25, 0.3) is 0 Å². The minimum atomic E-state index is -0.714. The monoisotopic (exact) mass is 261 g/mol. The number of aliphatic hydroxyl groups excluding tert-OH is 2. The molecule has 0 radical (unpaired) electrons. The molecule has 1 rings (SSSR count). The third-order valence-electron chi connectivity index (χ3n) is 2.12. The van der Waals surface area contributed by atoms with E-state index in [9.17, 15) is 5.11 Å². The molecule has 0 bridgehead atoms. The van der Waals surface area contributed by atoms with Crippen molar-refractivity contribution in [2.24, 2.45) is 5.73 Å². The molecule has 0 spiro atoms. The molecule has 0 heterocycles. The van der Waals surface area contributed by atoms with Crippen molar-refractivity contribution in [2.45, 2.75) is 24.0 Å². The zero-order valence-electron chi connectivity index (χ0n) is 9.06. The Morgan fingerprint density at radius 2 is 2.19 bits per heavy atom. The van der Waals surface area contributed by atoms with Crippen LogP contribution < -0.4 is 5.73 Å².